The predicted molar refractivity (Wildman–Crippen MR) is 116 cm³/mol. The molecule has 158 valence electrons. The van der Waals surface area contributed by atoms with Crippen LogP contribution in [0.25, 0.3) is 0 Å². The van der Waals surface area contributed by atoms with E-state index in [2.05, 4.69) is 6.07 Å². The molecule has 0 aromatic heterocycles. The lowest BCUT2D eigenvalue weighted by Crippen LogP contribution is -2.34. The molecule has 0 fully saturated rings. The Morgan fingerprint density at radius 1 is 1.27 bits per heavy atom. The Kier molecular flexibility index (Phi) is 6.32. The molecule has 8 heteroatoms. The SMILES string of the molecule is CCOc1ccc(N(CCC#N)C(=O)c2ccc3c(c2)CC(C)N3S(C)(=O)=O)cc1. The molecule has 1 heterocycles. The molecule has 7 nitrogen and oxygen atoms in total. The van der Waals surface area contributed by atoms with Crippen molar-refractivity contribution >= 4 is 27.3 Å². The fourth-order valence-electron chi connectivity index (χ4n) is 3.80. The van der Waals surface area contributed by atoms with Crippen LogP contribution in [-0.2, 0) is 16.4 Å². The molecule has 1 atom stereocenters. The molecule has 2 aromatic carbocycles. The molecule has 0 aliphatic carbocycles. The zero-order valence-corrected chi connectivity index (χ0v) is 18.1. The third-order valence-corrected chi connectivity index (χ3v) is 6.26. The van der Waals surface area contributed by atoms with Crippen molar-refractivity contribution < 1.29 is 17.9 Å². The molecule has 0 radical (unpaired) electrons. The summed E-state index contributed by atoms with van der Waals surface area (Å²) in [6.45, 7) is 4.55. The topological polar surface area (TPSA) is 90.7 Å². The van der Waals surface area contributed by atoms with Crippen molar-refractivity contribution in [2.75, 3.05) is 28.6 Å². The lowest BCUT2D eigenvalue weighted by Gasteiger charge is -2.23. The van der Waals surface area contributed by atoms with Gasteiger partial charge in [-0.15, -0.1) is 0 Å². The van der Waals surface area contributed by atoms with Gasteiger partial charge in [0.1, 0.15) is 5.75 Å². The molecule has 1 unspecified atom stereocenters. The second-order valence-electron chi connectivity index (χ2n) is 7.25. The van der Waals surface area contributed by atoms with Gasteiger partial charge in [-0.1, -0.05) is 0 Å². The molecule has 1 aliphatic rings. The summed E-state index contributed by atoms with van der Waals surface area (Å²) in [5.74, 6) is 0.476. The maximum Gasteiger partial charge on any atom is 0.258 e. The van der Waals surface area contributed by atoms with Gasteiger partial charge >= 0.3 is 0 Å². The molecule has 0 bridgehead atoms. The molecular weight excluding hydrogens is 402 g/mol. The molecular formula is C22H25N3O4S. The van der Waals surface area contributed by atoms with Crippen LogP contribution in [0.5, 0.6) is 5.75 Å². The van der Waals surface area contributed by atoms with Crippen molar-refractivity contribution in [1.82, 2.24) is 0 Å². The van der Waals surface area contributed by atoms with Gasteiger partial charge in [-0.25, -0.2) is 8.42 Å². The maximum absolute atomic E-state index is 13.3. The zero-order chi connectivity index (χ0) is 21.9. The minimum atomic E-state index is -3.39. The third kappa shape index (κ3) is 4.41. The first-order valence-electron chi connectivity index (χ1n) is 9.80. The van der Waals surface area contributed by atoms with Gasteiger partial charge in [0.2, 0.25) is 10.0 Å². The molecule has 0 spiro atoms. The van der Waals surface area contributed by atoms with Crippen molar-refractivity contribution in [2.45, 2.75) is 32.7 Å². The number of carbonyl (C=O) groups is 1. The van der Waals surface area contributed by atoms with Gasteiger partial charge in [-0.2, -0.15) is 5.26 Å². The first-order chi connectivity index (χ1) is 14.3. The number of ether oxygens (including phenoxy) is 1. The fourth-order valence-corrected chi connectivity index (χ4v) is 5.06. The number of benzene rings is 2. The van der Waals surface area contributed by atoms with Gasteiger partial charge in [0.15, 0.2) is 0 Å². The highest BCUT2D eigenvalue weighted by atomic mass is 32.2. The van der Waals surface area contributed by atoms with E-state index in [1.54, 1.807) is 47.4 Å². The Balaban J connectivity index is 1.92. The smallest absolute Gasteiger partial charge is 0.258 e. The number of carbonyl (C=O) groups excluding carboxylic acids is 1. The molecule has 0 N–H and O–H groups in total. The Bertz CT molecular complexity index is 1070. The van der Waals surface area contributed by atoms with E-state index in [-0.39, 0.29) is 24.9 Å². The number of rotatable bonds is 7. The minimum absolute atomic E-state index is 0.193. The summed E-state index contributed by atoms with van der Waals surface area (Å²) >= 11 is 0. The third-order valence-electron chi connectivity index (χ3n) is 4.99. The van der Waals surface area contributed by atoms with E-state index < -0.39 is 10.0 Å². The van der Waals surface area contributed by atoms with Gasteiger partial charge in [0.25, 0.3) is 5.91 Å². The highest BCUT2D eigenvalue weighted by Gasteiger charge is 2.33. The van der Waals surface area contributed by atoms with Gasteiger partial charge in [0, 0.05) is 23.8 Å². The quantitative estimate of drug-likeness (QED) is 0.676. The monoisotopic (exact) mass is 427 g/mol. The Morgan fingerprint density at radius 2 is 1.97 bits per heavy atom. The summed E-state index contributed by atoms with van der Waals surface area (Å²) < 4.78 is 31.1. The summed E-state index contributed by atoms with van der Waals surface area (Å²) in [4.78, 5) is 14.8. The van der Waals surface area contributed by atoms with Crippen LogP contribution in [0.3, 0.4) is 0 Å². The summed E-state index contributed by atoms with van der Waals surface area (Å²) in [6, 6.07) is 14.1. The van der Waals surface area contributed by atoms with Crippen LogP contribution < -0.4 is 13.9 Å². The lowest BCUT2D eigenvalue weighted by molar-refractivity contribution is 0.0987. The molecule has 1 aliphatic heterocycles. The van der Waals surface area contributed by atoms with E-state index in [1.165, 1.54) is 10.6 Å². The van der Waals surface area contributed by atoms with E-state index >= 15 is 0 Å². The first-order valence-corrected chi connectivity index (χ1v) is 11.6. The Labute approximate surface area is 177 Å². The summed E-state index contributed by atoms with van der Waals surface area (Å²) in [6.07, 6.45) is 1.93. The van der Waals surface area contributed by atoms with E-state index in [1.807, 2.05) is 13.8 Å². The summed E-state index contributed by atoms with van der Waals surface area (Å²) in [5, 5.41) is 9.02. The van der Waals surface area contributed by atoms with Crippen molar-refractivity contribution in [3.05, 3.63) is 53.6 Å². The van der Waals surface area contributed by atoms with Gasteiger partial charge < -0.3 is 9.64 Å². The van der Waals surface area contributed by atoms with Crippen LogP contribution in [-0.4, -0.2) is 39.8 Å². The van der Waals surface area contributed by atoms with Crippen molar-refractivity contribution in [1.29, 1.82) is 5.26 Å². The molecule has 2 aromatic rings. The highest BCUT2D eigenvalue weighted by Crippen LogP contribution is 2.35. The van der Waals surface area contributed by atoms with Crippen molar-refractivity contribution in [3.63, 3.8) is 0 Å². The molecule has 0 saturated carbocycles. The van der Waals surface area contributed by atoms with Crippen molar-refractivity contribution in [2.24, 2.45) is 0 Å². The molecule has 30 heavy (non-hydrogen) atoms. The van der Waals surface area contributed by atoms with Crippen molar-refractivity contribution in [3.8, 4) is 11.8 Å². The van der Waals surface area contributed by atoms with Crippen LogP contribution in [0.15, 0.2) is 42.5 Å². The zero-order valence-electron chi connectivity index (χ0n) is 17.3. The molecule has 3 rings (SSSR count). The number of sulfonamides is 1. The maximum atomic E-state index is 13.3. The van der Waals surface area contributed by atoms with Gasteiger partial charge in [-0.3, -0.25) is 9.10 Å². The largest absolute Gasteiger partial charge is 0.494 e. The van der Waals surface area contributed by atoms with E-state index in [4.69, 9.17) is 10.00 Å². The highest BCUT2D eigenvalue weighted by molar-refractivity contribution is 7.92. The number of hydrogen-bond donors (Lipinski definition) is 0. The summed E-state index contributed by atoms with van der Waals surface area (Å²) in [5.41, 5.74) is 2.57. The fraction of sp³-hybridized carbons (Fsp3) is 0.364. The Morgan fingerprint density at radius 3 is 2.57 bits per heavy atom. The number of hydrogen-bond acceptors (Lipinski definition) is 5. The van der Waals surface area contributed by atoms with E-state index in [9.17, 15) is 13.2 Å². The average molecular weight is 428 g/mol. The van der Waals surface area contributed by atoms with Crippen LogP contribution in [0.1, 0.15) is 36.2 Å². The Hall–Kier alpha value is -3.05. The number of anilines is 2. The molecule has 1 amide bonds. The van der Waals surface area contributed by atoms with Crippen LogP contribution >= 0.6 is 0 Å². The van der Waals surface area contributed by atoms with Gasteiger partial charge in [-0.05, 0) is 68.3 Å². The number of amides is 1. The average Bonchev–Trinajstić information content (AvgIpc) is 3.04. The number of nitrogens with zero attached hydrogens (tertiary/aromatic N) is 3. The lowest BCUT2D eigenvalue weighted by atomic mass is 10.1. The first kappa shape index (κ1) is 21.7. The van der Waals surface area contributed by atoms with Crippen LogP contribution in [0.2, 0.25) is 0 Å². The number of fused-ring (bicyclic) bond motifs is 1. The van der Waals surface area contributed by atoms with Crippen LogP contribution in [0, 0.1) is 11.3 Å². The summed E-state index contributed by atoms with van der Waals surface area (Å²) in [7, 11) is -3.39. The van der Waals surface area contributed by atoms with Crippen LogP contribution in [0.4, 0.5) is 11.4 Å². The van der Waals surface area contributed by atoms with Gasteiger partial charge in [0.05, 0.1) is 31.0 Å². The standard InChI is InChI=1S/C22H25N3O4S/c1-4-29-20-9-7-19(8-10-20)24(13-5-12-23)22(26)17-6-11-21-18(15-17)14-16(2)25(21)30(3,27)28/h6-11,15-16H,4-5,13-14H2,1-3H3. The van der Waals surface area contributed by atoms with E-state index in [0.717, 1.165) is 5.56 Å². The second kappa shape index (κ2) is 8.76. The predicted octanol–water partition coefficient (Wildman–Crippen LogP) is 3.36. The second-order valence-corrected chi connectivity index (χ2v) is 9.11. The normalized spacial score (nSPS) is 15.4. The van der Waals surface area contributed by atoms with E-state index in [0.29, 0.717) is 35.7 Å². The molecule has 0 saturated heterocycles. The minimum Gasteiger partial charge on any atom is -0.494 e. The number of nitriles is 1.